The van der Waals surface area contributed by atoms with Gasteiger partial charge in [0, 0.05) is 61.0 Å². The van der Waals surface area contributed by atoms with Gasteiger partial charge in [-0.1, -0.05) is 41.6 Å². The van der Waals surface area contributed by atoms with E-state index in [2.05, 4.69) is 63.7 Å². The zero-order valence-corrected chi connectivity index (χ0v) is 23.6. The quantitative estimate of drug-likeness (QED) is 0.145. The maximum atomic E-state index is 12.4. The van der Waals surface area contributed by atoms with E-state index in [0.29, 0.717) is 38.1 Å². The fourth-order valence-electron chi connectivity index (χ4n) is 5.28. The van der Waals surface area contributed by atoms with E-state index in [1.807, 2.05) is 31.2 Å². The number of rotatable bonds is 10. The summed E-state index contributed by atoms with van der Waals surface area (Å²) >= 11 is 0. The predicted octanol–water partition coefficient (Wildman–Crippen LogP) is 4.32. The van der Waals surface area contributed by atoms with Crippen LogP contribution in [0.3, 0.4) is 0 Å². The van der Waals surface area contributed by atoms with Gasteiger partial charge in [-0.25, -0.2) is 0 Å². The Labute approximate surface area is 235 Å². The molecule has 0 radical (unpaired) electrons. The minimum absolute atomic E-state index is 0.0215. The maximum absolute atomic E-state index is 12.4. The minimum atomic E-state index is -4.09. The molecule has 0 unspecified atom stereocenters. The lowest BCUT2D eigenvalue weighted by atomic mass is 9.83. The molecule has 0 bridgehead atoms. The summed E-state index contributed by atoms with van der Waals surface area (Å²) in [4.78, 5) is 18.9. The van der Waals surface area contributed by atoms with Gasteiger partial charge >= 0.3 is 0 Å². The molecule has 1 atom stereocenters. The number of nitrogens with one attached hydrogen (secondary N) is 1. The van der Waals surface area contributed by atoms with Crippen molar-refractivity contribution in [3.63, 3.8) is 0 Å². The van der Waals surface area contributed by atoms with Crippen LogP contribution >= 0.6 is 0 Å². The second kappa shape index (κ2) is 13.1. The Morgan fingerprint density at radius 1 is 1.10 bits per heavy atom. The fourth-order valence-corrected chi connectivity index (χ4v) is 5.64. The highest BCUT2D eigenvalue weighted by molar-refractivity contribution is 7.85. The Morgan fingerprint density at radius 3 is 2.42 bits per heavy atom. The summed E-state index contributed by atoms with van der Waals surface area (Å²) in [5, 5.41) is 16.2. The van der Waals surface area contributed by atoms with Crippen molar-refractivity contribution in [2.24, 2.45) is 11.1 Å². The average molecular weight is 565 g/mol. The highest BCUT2D eigenvalue weighted by atomic mass is 32.2. The molecule has 4 rings (SSSR count). The van der Waals surface area contributed by atoms with Crippen molar-refractivity contribution in [1.82, 2.24) is 10.3 Å². The number of carbonyl (C=O) groups excluding carboxylic acids is 1. The molecule has 1 saturated heterocycles. The normalized spacial score (nSPS) is 15.6. The monoisotopic (exact) mass is 564 g/mol. The van der Waals surface area contributed by atoms with Crippen LogP contribution in [0.2, 0.25) is 0 Å². The Balaban J connectivity index is 1.47. The van der Waals surface area contributed by atoms with Crippen LogP contribution in [0.5, 0.6) is 0 Å². The van der Waals surface area contributed by atoms with Crippen LogP contribution < -0.4 is 10.2 Å². The maximum Gasteiger partial charge on any atom is 0.266 e. The van der Waals surface area contributed by atoms with Crippen molar-refractivity contribution in [1.29, 1.82) is 0 Å². The first kappa shape index (κ1) is 29.2. The third-order valence-corrected chi connectivity index (χ3v) is 8.22. The van der Waals surface area contributed by atoms with E-state index >= 15 is 0 Å². The first-order valence-corrected chi connectivity index (χ1v) is 15.0. The molecule has 1 fully saturated rings. The van der Waals surface area contributed by atoms with Gasteiger partial charge in [0.05, 0.1) is 11.5 Å². The number of benzene rings is 2. The summed E-state index contributed by atoms with van der Waals surface area (Å²) in [7, 11) is -4.09. The second-order valence-electron chi connectivity index (χ2n) is 10.3. The van der Waals surface area contributed by atoms with Gasteiger partial charge in [-0.15, -0.1) is 0 Å². The van der Waals surface area contributed by atoms with Crippen molar-refractivity contribution in [2.45, 2.75) is 39.0 Å². The number of amides is 1. The molecule has 3 aromatic rings. The molecule has 9 nitrogen and oxygen atoms in total. The van der Waals surface area contributed by atoms with E-state index in [0.717, 1.165) is 28.1 Å². The lowest BCUT2D eigenvalue weighted by Crippen LogP contribution is -2.41. The average Bonchev–Trinajstić information content (AvgIpc) is 2.94. The van der Waals surface area contributed by atoms with Crippen LogP contribution in [0.15, 0.2) is 72.0 Å². The molecule has 2 aromatic carbocycles. The van der Waals surface area contributed by atoms with Crippen molar-refractivity contribution < 1.29 is 23.0 Å². The number of oxime groups is 1. The van der Waals surface area contributed by atoms with E-state index in [9.17, 15) is 18.4 Å². The Hall–Kier alpha value is -3.76. The van der Waals surface area contributed by atoms with Crippen molar-refractivity contribution >= 4 is 27.4 Å². The Kier molecular flexibility index (Phi) is 9.54. The molecule has 1 aliphatic heterocycles. The van der Waals surface area contributed by atoms with Crippen molar-refractivity contribution in [3.05, 3.63) is 94.8 Å². The zero-order valence-electron chi connectivity index (χ0n) is 22.8. The largest absolute Gasteiger partial charge is 0.411 e. The molecular weight excluding hydrogens is 528 g/mol. The number of nitrogens with zero attached hydrogens (tertiary/aromatic N) is 3. The van der Waals surface area contributed by atoms with Crippen LogP contribution in [-0.4, -0.2) is 60.2 Å². The van der Waals surface area contributed by atoms with Crippen LogP contribution in [0.4, 0.5) is 5.69 Å². The summed E-state index contributed by atoms with van der Waals surface area (Å²) in [5.74, 6) is -0.867. The van der Waals surface area contributed by atoms with Crippen LogP contribution in [0.1, 0.15) is 53.1 Å². The van der Waals surface area contributed by atoms with Gasteiger partial charge in [0.15, 0.2) is 0 Å². The number of aryl methyl sites for hydroxylation is 2. The van der Waals surface area contributed by atoms with E-state index in [-0.39, 0.29) is 24.3 Å². The van der Waals surface area contributed by atoms with Crippen molar-refractivity contribution in [3.8, 4) is 0 Å². The SMILES string of the molecule is Cc1cc(/C(C[C@H](c2ccc(N3CCC(C(=O)NCCS(=O)(=O)O)CC3)cc2)c2ccccc2C)=N/O)ccn1. The number of pyridine rings is 1. The summed E-state index contributed by atoms with van der Waals surface area (Å²) in [6.07, 6.45) is 3.56. The molecule has 0 saturated carbocycles. The van der Waals surface area contributed by atoms with E-state index in [1.165, 1.54) is 5.56 Å². The zero-order chi connectivity index (χ0) is 28.7. The third kappa shape index (κ3) is 7.67. The summed E-state index contributed by atoms with van der Waals surface area (Å²) in [6.45, 7) is 5.32. The fraction of sp³-hybridized carbons (Fsp3) is 0.367. The number of hydrogen-bond acceptors (Lipinski definition) is 7. The van der Waals surface area contributed by atoms with Gasteiger partial charge in [0.2, 0.25) is 5.91 Å². The van der Waals surface area contributed by atoms with Gasteiger partial charge < -0.3 is 15.4 Å². The first-order chi connectivity index (χ1) is 19.1. The van der Waals surface area contributed by atoms with Crippen LogP contribution in [0.25, 0.3) is 0 Å². The summed E-state index contributed by atoms with van der Waals surface area (Å²) < 4.78 is 30.6. The molecule has 212 valence electrons. The van der Waals surface area contributed by atoms with Gasteiger partial charge in [-0.05, 0) is 67.6 Å². The molecular formula is C30H36N4O5S. The molecule has 1 aromatic heterocycles. The predicted molar refractivity (Wildman–Crippen MR) is 156 cm³/mol. The Bertz CT molecular complexity index is 1450. The number of hydrogen-bond donors (Lipinski definition) is 3. The molecule has 1 amide bonds. The van der Waals surface area contributed by atoms with Crippen molar-refractivity contribution in [2.75, 3.05) is 30.3 Å². The molecule has 10 heteroatoms. The van der Waals surface area contributed by atoms with Crippen LogP contribution in [-0.2, 0) is 14.9 Å². The van der Waals surface area contributed by atoms with E-state index in [4.69, 9.17) is 4.55 Å². The molecule has 3 N–H and O–H groups in total. The topological polar surface area (TPSA) is 132 Å². The summed E-state index contributed by atoms with van der Waals surface area (Å²) in [6, 6.07) is 20.5. The smallest absolute Gasteiger partial charge is 0.266 e. The minimum Gasteiger partial charge on any atom is -0.411 e. The molecule has 0 spiro atoms. The highest BCUT2D eigenvalue weighted by Gasteiger charge is 2.26. The van der Waals surface area contributed by atoms with Gasteiger partial charge in [0.25, 0.3) is 10.1 Å². The number of anilines is 1. The summed E-state index contributed by atoms with van der Waals surface area (Å²) in [5.41, 5.74) is 6.81. The Morgan fingerprint density at radius 2 is 1.80 bits per heavy atom. The second-order valence-corrected chi connectivity index (χ2v) is 11.8. The molecule has 40 heavy (non-hydrogen) atoms. The lowest BCUT2D eigenvalue weighted by Gasteiger charge is -2.33. The molecule has 0 aliphatic carbocycles. The lowest BCUT2D eigenvalue weighted by molar-refractivity contribution is -0.125. The van der Waals surface area contributed by atoms with E-state index in [1.54, 1.807) is 6.20 Å². The number of piperidine rings is 1. The standard InChI is InChI=1S/C30H36N4O5S/c1-21-5-3-4-6-27(21)28(20-29(33-36)25-11-14-31-22(2)19-25)23-7-9-26(10-8-23)34-16-12-24(13-17-34)30(35)32-15-18-40(37,38)39/h3-11,14,19,24,28,36H,12-13,15-18,20H2,1-2H3,(H,32,35)(H,37,38,39)/b33-29+/t28-/m1/s1. The van der Waals surface area contributed by atoms with E-state index < -0.39 is 15.9 Å². The molecule has 1 aliphatic rings. The number of carbonyl (C=O) groups is 1. The number of aromatic nitrogens is 1. The van der Waals surface area contributed by atoms with Gasteiger partial charge in [0.1, 0.15) is 0 Å². The third-order valence-electron chi connectivity index (χ3n) is 7.50. The van der Waals surface area contributed by atoms with Gasteiger partial charge in [-0.2, -0.15) is 8.42 Å². The van der Waals surface area contributed by atoms with Gasteiger partial charge in [-0.3, -0.25) is 14.3 Å². The highest BCUT2D eigenvalue weighted by Crippen LogP contribution is 2.33. The van der Waals surface area contributed by atoms with Crippen LogP contribution in [0, 0.1) is 19.8 Å². The first-order valence-electron chi connectivity index (χ1n) is 13.4. The molecule has 2 heterocycles.